The Morgan fingerprint density at radius 2 is 1.87 bits per heavy atom. The lowest BCUT2D eigenvalue weighted by atomic mass is 10.2. The number of anilines is 1. The van der Waals surface area contributed by atoms with E-state index in [4.69, 9.17) is 4.42 Å². The number of rotatable bonds is 6. The summed E-state index contributed by atoms with van der Waals surface area (Å²) < 4.78 is 7.70. The summed E-state index contributed by atoms with van der Waals surface area (Å²) in [5.74, 6) is -0.332. The minimum atomic E-state index is -0.332. The molecule has 0 aliphatic rings. The van der Waals surface area contributed by atoms with Crippen LogP contribution in [0.25, 0.3) is 5.69 Å². The molecule has 8 heteroatoms. The molecule has 0 unspecified atom stereocenters. The van der Waals surface area contributed by atoms with E-state index in [1.54, 1.807) is 35.1 Å². The molecule has 150 valence electrons. The number of nitrogens with one attached hydrogen (secondary N) is 2. The van der Waals surface area contributed by atoms with Crippen molar-refractivity contribution in [1.82, 2.24) is 15.1 Å². The minimum absolute atomic E-state index is 0.233. The lowest BCUT2D eigenvalue weighted by molar-refractivity contribution is 0.0949. The summed E-state index contributed by atoms with van der Waals surface area (Å²) >= 11 is 3.40. The Kier molecular flexibility index (Phi) is 5.76. The molecule has 30 heavy (non-hydrogen) atoms. The predicted octanol–water partition coefficient (Wildman–Crippen LogP) is 4.41. The summed E-state index contributed by atoms with van der Waals surface area (Å²) in [6, 6.07) is 18.1. The van der Waals surface area contributed by atoms with Crippen LogP contribution < -0.4 is 10.6 Å². The first-order valence-corrected chi connectivity index (χ1v) is 9.90. The van der Waals surface area contributed by atoms with Crippen molar-refractivity contribution in [2.45, 2.75) is 6.54 Å². The van der Waals surface area contributed by atoms with Gasteiger partial charge in [0, 0.05) is 22.9 Å². The number of carbonyl (C=O) groups excluding carboxylic acids is 2. The SMILES string of the molecule is O=C(NCc1cccc(NC(=O)c2ccco2)c1)c1cnn(-c2ccc(Br)cc2)c1. The highest BCUT2D eigenvalue weighted by molar-refractivity contribution is 9.10. The molecule has 0 fully saturated rings. The van der Waals surface area contributed by atoms with Crippen molar-refractivity contribution in [3.05, 3.63) is 101 Å². The van der Waals surface area contributed by atoms with Gasteiger partial charge in [0.15, 0.2) is 5.76 Å². The zero-order chi connectivity index (χ0) is 20.9. The summed E-state index contributed by atoms with van der Waals surface area (Å²) in [5, 5.41) is 9.88. The molecule has 0 bridgehead atoms. The number of hydrogen-bond acceptors (Lipinski definition) is 4. The number of hydrogen-bond donors (Lipinski definition) is 2. The van der Waals surface area contributed by atoms with Crippen LogP contribution in [-0.2, 0) is 6.54 Å². The molecule has 4 aromatic rings. The van der Waals surface area contributed by atoms with E-state index >= 15 is 0 Å². The van der Waals surface area contributed by atoms with Crippen molar-refractivity contribution >= 4 is 33.4 Å². The van der Waals surface area contributed by atoms with Crippen molar-refractivity contribution in [2.24, 2.45) is 0 Å². The van der Waals surface area contributed by atoms with E-state index in [1.807, 2.05) is 36.4 Å². The van der Waals surface area contributed by atoms with Crippen molar-refractivity contribution in [3.8, 4) is 5.69 Å². The van der Waals surface area contributed by atoms with Crippen LogP contribution in [0.3, 0.4) is 0 Å². The van der Waals surface area contributed by atoms with Crippen molar-refractivity contribution in [1.29, 1.82) is 0 Å². The van der Waals surface area contributed by atoms with Gasteiger partial charge >= 0.3 is 0 Å². The third-order valence-corrected chi connectivity index (χ3v) is 4.85. The standard InChI is InChI=1S/C22H17BrN4O3/c23-17-6-8-19(9-7-17)27-14-16(13-25-27)21(28)24-12-15-3-1-4-18(11-15)26-22(29)20-5-2-10-30-20/h1-11,13-14H,12H2,(H,24,28)(H,26,29). The Bertz CT molecular complexity index is 1170. The van der Waals surface area contributed by atoms with Crippen LogP contribution in [0.2, 0.25) is 0 Å². The van der Waals surface area contributed by atoms with E-state index in [2.05, 4.69) is 31.7 Å². The molecule has 2 N–H and O–H groups in total. The van der Waals surface area contributed by atoms with Crippen LogP contribution in [0.5, 0.6) is 0 Å². The monoisotopic (exact) mass is 464 g/mol. The summed E-state index contributed by atoms with van der Waals surface area (Å²) in [6.45, 7) is 0.312. The Morgan fingerprint density at radius 3 is 2.63 bits per heavy atom. The second kappa shape index (κ2) is 8.79. The number of carbonyl (C=O) groups is 2. The van der Waals surface area contributed by atoms with Gasteiger partial charge in [0.2, 0.25) is 0 Å². The molecule has 0 spiro atoms. The maximum Gasteiger partial charge on any atom is 0.291 e. The second-order valence-corrected chi connectivity index (χ2v) is 7.38. The third kappa shape index (κ3) is 4.66. The molecule has 0 radical (unpaired) electrons. The fourth-order valence-corrected chi connectivity index (χ4v) is 3.08. The maximum absolute atomic E-state index is 12.5. The molecule has 2 heterocycles. The average Bonchev–Trinajstić information content (AvgIpc) is 3.45. The van der Waals surface area contributed by atoms with Crippen molar-refractivity contribution in [2.75, 3.05) is 5.32 Å². The predicted molar refractivity (Wildman–Crippen MR) is 116 cm³/mol. The van der Waals surface area contributed by atoms with E-state index < -0.39 is 0 Å². The summed E-state index contributed by atoms with van der Waals surface area (Å²) in [7, 11) is 0. The van der Waals surface area contributed by atoms with Gasteiger partial charge in [-0.25, -0.2) is 4.68 Å². The van der Waals surface area contributed by atoms with Crippen LogP contribution in [0.4, 0.5) is 5.69 Å². The van der Waals surface area contributed by atoms with E-state index in [-0.39, 0.29) is 17.6 Å². The molecule has 2 aromatic carbocycles. The van der Waals surface area contributed by atoms with Crippen LogP contribution in [0, 0.1) is 0 Å². The van der Waals surface area contributed by atoms with Gasteiger partial charge in [-0.3, -0.25) is 9.59 Å². The number of nitrogens with zero attached hydrogens (tertiary/aromatic N) is 2. The molecule has 7 nitrogen and oxygen atoms in total. The Hall–Kier alpha value is -3.65. The molecule has 2 aromatic heterocycles. The molecule has 0 saturated heterocycles. The highest BCUT2D eigenvalue weighted by Crippen LogP contribution is 2.15. The molecule has 2 amide bonds. The fraction of sp³-hybridized carbons (Fsp3) is 0.0455. The lowest BCUT2D eigenvalue weighted by Crippen LogP contribution is -2.22. The number of amides is 2. The molecule has 0 aliphatic carbocycles. The summed E-state index contributed by atoms with van der Waals surface area (Å²) in [5.41, 5.74) is 2.78. The van der Waals surface area contributed by atoms with Crippen LogP contribution in [-0.4, -0.2) is 21.6 Å². The largest absolute Gasteiger partial charge is 0.459 e. The van der Waals surface area contributed by atoms with Crippen LogP contribution in [0.15, 0.2) is 88.2 Å². The number of furan rings is 1. The molecule has 4 rings (SSSR count). The molecular weight excluding hydrogens is 448 g/mol. The summed E-state index contributed by atoms with van der Waals surface area (Å²) in [4.78, 5) is 24.6. The van der Waals surface area contributed by atoms with Gasteiger partial charge in [-0.05, 0) is 54.1 Å². The molecule has 0 aliphatic heterocycles. The van der Waals surface area contributed by atoms with E-state index in [1.165, 1.54) is 12.5 Å². The van der Waals surface area contributed by atoms with Gasteiger partial charge in [0.1, 0.15) is 0 Å². The first kappa shape index (κ1) is 19.7. The van der Waals surface area contributed by atoms with Gasteiger partial charge < -0.3 is 15.1 Å². The fourth-order valence-electron chi connectivity index (χ4n) is 2.82. The second-order valence-electron chi connectivity index (χ2n) is 6.46. The van der Waals surface area contributed by atoms with Crippen molar-refractivity contribution in [3.63, 3.8) is 0 Å². The van der Waals surface area contributed by atoms with Gasteiger partial charge in [-0.2, -0.15) is 5.10 Å². The van der Waals surface area contributed by atoms with E-state index in [0.717, 1.165) is 15.7 Å². The van der Waals surface area contributed by atoms with E-state index in [0.29, 0.717) is 17.8 Å². The molecular formula is C22H17BrN4O3. The number of benzene rings is 2. The molecule has 0 saturated carbocycles. The molecule has 0 atom stereocenters. The Morgan fingerprint density at radius 1 is 1.03 bits per heavy atom. The number of halogens is 1. The maximum atomic E-state index is 12.5. The van der Waals surface area contributed by atoms with Crippen molar-refractivity contribution < 1.29 is 14.0 Å². The van der Waals surface area contributed by atoms with Gasteiger partial charge in [0.25, 0.3) is 11.8 Å². The van der Waals surface area contributed by atoms with Gasteiger partial charge in [-0.1, -0.05) is 28.1 Å². The average molecular weight is 465 g/mol. The topological polar surface area (TPSA) is 89.2 Å². The van der Waals surface area contributed by atoms with Gasteiger partial charge in [0.05, 0.1) is 23.7 Å². The smallest absolute Gasteiger partial charge is 0.291 e. The highest BCUT2D eigenvalue weighted by atomic mass is 79.9. The number of aromatic nitrogens is 2. The zero-order valence-corrected chi connectivity index (χ0v) is 17.3. The Balaban J connectivity index is 1.37. The van der Waals surface area contributed by atoms with Crippen LogP contribution in [0.1, 0.15) is 26.5 Å². The zero-order valence-electron chi connectivity index (χ0n) is 15.7. The third-order valence-electron chi connectivity index (χ3n) is 4.32. The first-order valence-electron chi connectivity index (χ1n) is 9.11. The highest BCUT2D eigenvalue weighted by Gasteiger charge is 2.11. The Labute approximate surface area is 180 Å². The van der Waals surface area contributed by atoms with Crippen LogP contribution >= 0.6 is 15.9 Å². The quantitative estimate of drug-likeness (QED) is 0.442. The lowest BCUT2D eigenvalue weighted by Gasteiger charge is -2.07. The normalized spacial score (nSPS) is 10.6. The first-order chi connectivity index (χ1) is 14.6. The minimum Gasteiger partial charge on any atom is -0.459 e. The summed E-state index contributed by atoms with van der Waals surface area (Å²) in [6.07, 6.45) is 4.65. The van der Waals surface area contributed by atoms with Gasteiger partial charge in [-0.15, -0.1) is 0 Å². The van der Waals surface area contributed by atoms with E-state index in [9.17, 15) is 9.59 Å².